The molecule has 0 amide bonds. The fraction of sp³-hybridized carbons (Fsp3) is 0.286. The van der Waals surface area contributed by atoms with E-state index in [0.717, 1.165) is 47.1 Å². The van der Waals surface area contributed by atoms with E-state index in [1.54, 1.807) is 0 Å². The maximum Gasteiger partial charge on any atom is 0.0950 e. The van der Waals surface area contributed by atoms with Crippen LogP contribution >= 0.6 is 11.6 Å². The number of benzene rings is 2. The molecule has 2 N–H and O–H groups in total. The number of hydrogen-bond acceptors (Lipinski definition) is 3. The van der Waals surface area contributed by atoms with Gasteiger partial charge in [0.05, 0.1) is 17.3 Å². The summed E-state index contributed by atoms with van der Waals surface area (Å²) in [6.07, 6.45) is 2.71. The number of fused-ring (bicyclic) bond motifs is 1. The zero-order valence-corrected chi connectivity index (χ0v) is 14.7. The van der Waals surface area contributed by atoms with Crippen molar-refractivity contribution in [1.82, 2.24) is 10.3 Å². The van der Waals surface area contributed by atoms with E-state index in [0.29, 0.717) is 5.02 Å². The van der Waals surface area contributed by atoms with E-state index in [9.17, 15) is 5.11 Å². The van der Waals surface area contributed by atoms with Crippen LogP contribution in [0.1, 0.15) is 30.9 Å². The molecule has 4 rings (SSSR count). The van der Waals surface area contributed by atoms with Crippen molar-refractivity contribution in [2.24, 2.45) is 0 Å². The lowest BCUT2D eigenvalue weighted by Gasteiger charge is -2.29. The molecule has 0 spiro atoms. The van der Waals surface area contributed by atoms with Crippen molar-refractivity contribution in [3.63, 3.8) is 0 Å². The second-order valence-corrected chi connectivity index (χ2v) is 7.06. The van der Waals surface area contributed by atoms with Gasteiger partial charge in [0.25, 0.3) is 0 Å². The number of hydrogen-bond donors (Lipinski definition) is 2. The summed E-state index contributed by atoms with van der Waals surface area (Å²) in [5.41, 5.74) is 3.67. The average Bonchev–Trinajstić information content (AvgIpc) is 2.68. The molecule has 3 nitrogen and oxygen atoms in total. The monoisotopic (exact) mass is 352 g/mol. The lowest BCUT2D eigenvalue weighted by molar-refractivity contribution is 0.115. The van der Waals surface area contributed by atoms with Crippen LogP contribution in [-0.4, -0.2) is 22.7 Å². The summed E-state index contributed by atoms with van der Waals surface area (Å²) in [5, 5.41) is 16.1. The van der Waals surface area contributed by atoms with Crippen LogP contribution in [0.5, 0.6) is 0 Å². The molecule has 2 atom stereocenters. The highest BCUT2D eigenvalue weighted by Crippen LogP contribution is 2.33. The Hall–Kier alpha value is -1.94. The predicted molar refractivity (Wildman–Crippen MR) is 103 cm³/mol. The van der Waals surface area contributed by atoms with Gasteiger partial charge in [-0.2, -0.15) is 0 Å². The smallest absolute Gasteiger partial charge is 0.0950 e. The number of aliphatic hydroxyl groups excluding tert-OH is 1. The number of aliphatic hydroxyl groups is 1. The largest absolute Gasteiger partial charge is 0.387 e. The second kappa shape index (κ2) is 7.12. The summed E-state index contributed by atoms with van der Waals surface area (Å²) in [5.74, 6) is 0. The zero-order chi connectivity index (χ0) is 17.2. The van der Waals surface area contributed by atoms with E-state index in [1.807, 2.05) is 54.6 Å². The topological polar surface area (TPSA) is 45.2 Å². The molecule has 2 heterocycles. The van der Waals surface area contributed by atoms with Crippen molar-refractivity contribution in [2.75, 3.05) is 6.54 Å². The molecule has 0 bridgehead atoms. The van der Waals surface area contributed by atoms with Crippen molar-refractivity contribution in [3.05, 3.63) is 65.2 Å². The van der Waals surface area contributed by atoms with E-state index in [-0.39, 0.29) is 6.04 Å². The van der Waals surface area contributed by atoms with Crippen molar-refractivity contribution in [2.45, 2.75) is 31.4 Å². The van der Waals surface area contributed by atoms with Crippen LogP contribution in [0.4, 0.5) is 0 Å². The highest BCUT2D eigenvalue weighted by molar-refractivity contribution is 6.31. The van der Waals surface area contributed by atoms with Gasteiger partial charge in [-0.05, 0) is 49.2 Å². The van der Waals surface area contributed by atoms with Gasteiger partial charge in [-0.25, -0.2) is 4.98 Å². The lowest BCUT2D eigenvalue weighted by atomic mass is 9.92. The summed E-state index contributed by atoms with van der Waals surface area (Å²) >= 11 is 6.21. The number of aromatic nitrogens is 1. The molecular weight excluding hydrogens is 332 g/mol. The number of halogens is 1. The Morgan fingerprint density at radius 1 is 1.08 bits per heavy atom. The molecule has 3 aromatic rings. The number of rotatable bonds is 3. The first kappa shape index (κ1) is 16.5. The lowest BCUT2D eigenvalue weighted by Crippen LogP contribution is -2.38. The maximum atomic E-state index is 11.1. The molecular formula is C21H21ClN2O. The summed E-state index contributed by atoms with van der Waals surface area (Å²) in [6, 6.07) is 17.8. The van der Waals surface area contributed by atoms with Crippen molar-refractivity contribution in [1.29, 1.82) is 0 Å². The summed E-state index contributed by atoms with van der Waals surface area (Å²) < 4.78 is 0. The molecule has 1 aliphatic rings. The standard InChI is InChI=1S/C21H21ClN2O/c22-15-9-10-18-16(12-15)17(21(25)19-8-4-5-11-23-19)13-20(24-18)14-6-2-1-3-7-14/h1-3,6-7,9-10,12-13,19,21,23,25H,4-5,8,11H2/t19-,21-/m0/s1. The van der Waals surface area contributed by atoms with Gasteiger partial charge in [-0.3, -0.25) is 0 Å². The molecule has 4 heteroatoms. The minimum atomic E-state index is -0.577. The Morgan fingerprint density at radius 2 is 1.92 bits per heavy atom. The Balaban J connectivity index is 1.86. The third-order valence-electron chi connectivity index (χ3n) is 4.92. The number of pyridine rings is 1. The van der Waals surface area contributed by atoms with Crippen molar-refractivity contribution >= 4 is 22.5 Å². The maximum absolute atomic E-state index is 11.1. The van der Waals surface area contributed by atoms with Crippen LogP contribution in [0.2, 0.25) is 5.02 Å². The average molecular weight is 353 g/mol. The molecule has 0 saturated carbocycles. The SMILES string of the molecule is O[C@@H](c1cc(-c2ccccc2)nc2ccc(Cl)cc12)[C@@H]1CCCCN1. The molecule has 0 radical (unpaired) electrons. The highest BCUT2D eigenvalue weighted by atomic mass is 35.5. The molecule has 1 aliphatic heterocycles. The van der Waals surface area contributed by atoms with Gasteiger partial charge in [0.15, 0.2) is 0 Å². The first-order valence-electron chi connectivity index (χ1n) is 8.79. The highest BCUT2D eigenvalue weighted by Gasteiger charge is 2.25. The van der Waals surface area contributed by atoms with E-state index in [1.165, 1.54) is 6.42 Å². The van der Waals surface area contributed by atoms with Crippen LogP contribution in [0.25, 0.3) is 22.2 Å². The minimum Gasteiger partial charge on any atom is -0.387 e. The molecule has 25 heavy (non-hydrogen) atoms. The summed E-state index contributed by atoms with van der Waals surface area (Å²) in [7, 11) is 0. The fourth-order valence-electron chi connectivity index (χ4n) is 3.59. The molecule has 128 valence electrons. The van der Waals surface area contributed by atoms with Crippen molar-refractivity contribution < 1.29 is 5.11 Å². The predicted octanol–water partition coefficient (Wildman–Crippen LogP) is 4.73. The molecule has 2 aromatic carbocycles. The van der Waals surface area contributed by atoms with E-state index in [4.69, 9.17) is 16.6 Å². The summed E-state index contributed by atoms with van der Waals surface area (Å²) in [4.78, 5) is 4.78. The zero-order valence-electron chi connectivity index (χ0n) is 14.0. The molecule has 1 saturated heterocycles. The van der Waals surface area contributed by atoms with Crippen LogP contribution in [0.3, 0.4) is 0 Å². The Morgan fingerprint density at radius 3 is 2.68 bits per heavy atom. The van der Waals surface area contributed by atoms with Gasteiger partial charge in [0.2, 0.25) is 0 Å². The Labute approximate surface area is 152 Å². The van der Waals surface area contributed by atoms with Crippen molar-refractivity contribution in [3.8, 4) is 11.3 Å². The first-order chi connectivity index (χ1) is 12.2. The number of nitrogens with zero attached hydrogens (tertiary/aromatic N) is 1. The Bertz CT molecular complexity index is 876. The molecule has 1 aromatic heterocycles. The Kier molecular flexibility index (Phi) is 4.71. The van der Waals surface area contributed by atoms with Crippen LogP contribution in [0.15, 0.2) is 54.6 Å². The molecule has 0 unspecified atom stereocenters. The van der Waals surface area contributed by atoms with Crippen LogP contribution < -0.4 is 5.32 Å². The fourth-order valence-corrected chi connectivity index (χ4v) is 3.76. The first-order valence-corrected chi connectivity index (χ1v) is 9.17. The third-order valence-corrected chi connectivity index (χ3v) is 5.16. The van der Waals surface area contributed by atoms with Gasteiger partial charge < -0.3 is 10.4 Å². The number of piperidine rings is 1. The van der Waals surface area contributed by atoms with Gasteiger partial charge in [0.1, 0.15) is 0 Å². The number of nitrogens with one attached hydrogen (secondary N) is 1. The van der Waals surface area contributed by atoms with Crippen LogP contribution in [-0.2, 0) is 0 Å². The van der Waals surface area contributed by atoms with Crippen LogP contribution in [0, 0.1) is 0 Å². The second-order valence-electron chi connectivity index (χ2n) is 6.63. The van der Waals surface area contributed by atoms with Gasteiger partial charge in [-0.15, -0.1) is 0 Å². The van der Waals surface area contributed by atoms with Gasteiger partial charge in [0, 0.05) is 22.0 Å². The minimum absolute atomic E-state index is 0.0713. The summed E-state index contributed by atoms with van der Waals surface area (Å²) in [6.45, 7) is 0.955. The normalized spacial score (nSPS) is 19.0. The van der Waals surface area contributed by atoms with E-state index >= 15 is 0 Å². The molecule has 0 aliphatic carbocycles. The van der Waals surface area contributed by atoms with Gasteiger partial charge in [-0.1, -0.05) is 48.4 Å². The van der Waals surface area contributed by atoms with E-state index in [2.05, 4.69) is 5.32 Å². The van der Waals surface area contributed by atoms with E-state index < -0.39 is 6.10 Å². The third kappa shape index (κ3) is 3.40. The quantitative estimate of drug-likeness (QED) is 0.716. The van der Waals surface area contributed by atoms with Gasteiger partial charge >= 0.3 is 0 Å². The molecule has 1 fully saturated rings.